The molecular formula is C11H15ClO2. The number of methoxy groups -OCH3 is 1. The lowest BCUT2D eigenvalue weighted by molar-refractivity contribution is 0.130. The molecule has 0 aliphatic heterocycles. The normalized spacial score (nSPS) is 11.2. The third-order valence-electron chi connectivity index (χ3n) is 1.50. The van der Waals surface area contributed by atoms with Crippen LogP contribution in [0.25, 0.3) is 0 Å². The monoisotopic (exact) mass is 214 g/mol. The maximum atomic E-state index is 5.90. The molecule has 0 spiro atoms. The van der Waals surface area contributed by atoms with Crippen LogP contribution in [0.4, 0.5) is 0 Å². The van der Waals surface area contributed by atoms with Gasteiger partial charge in [0.2, 0.25) is 0 Å². The maximum Gasteiger partial charge on any atom is 0.125 e. The van der Waals surface area contributed by atoms with Crippen molar-refractivity contribution in [3.63, 3.8) is 0 Å². The summed E-state index contributed by atoms with van der Waals surface area (Å²) in [7, 11) is 1.60. The van der Waals surface area contributed by atoms with Gasteiger partial charge in [0, 0.05) is 11.1 Å². The molecule has 0 aliphatic carbocycles. The molecule has 2 nitrogen and oxygen atoms in total. The Morgan fingerprint density at radius 1 is 1.07 bits per heavy atom. The van der Waals surface area contributed by atoms with Gasteiger partial charge in [0.1, 0.15) is 17.1 Å². The molecule has 1 aromatic carbocycles. The summed E-state index contributed by atoms with van der Waals surface area (Å²) in [5, 5.41) is 0.614. The Labute approximate surface area is 89.8 Å². The van der Waals surface area contributed by atoms with E-state index >= 15 is 0 Å². The first kappa shape index (κ1) is 11.2. The van der Waals surface area contributed by atoms with Gasteiger partial charge < -0.3 is 9.47 Å². The van der Waals surface area contributed by atoms with Crippen molar-refractivity contribution < 1.29 is 9.47 Å². The topological polar surface area (TPSA) is 18.5 Å². The van der Waals surface area contributed by atoms with Gasteiger partial charge in [-0.05, 0) is 32.9 Å². The largest absolute Gasteiger partial charge is 0.497 e. The minimum Gasteiger partial charge on any atom is -0.497 e. The van der Waals surface area contributed by atoms with Gasteiger partial charge in [-0.25, -0.2) is 0 Å². The fourth-order valence-electron chi connectivity index (χ4n) is 1.07. The van der Waals surface area contributed by atoms with Crippen LogP contribution in [0.3, 0.4) is 0 Å². The first-order valence-corrected chi connectivity index (χ1v) is 4.82. The summed E-state index contributed by atoms with van der Waals surface area (Å²) in [6.45, 7) is 5.96. The molecule has 0 unspecified atom stereocenters. The molecule has 0 saturated carbocycles. The van der Waals surface area contributed by atoms with Gasteiger partial charge in [0.05, 0.1) is 7.11 Å². The standard InChI is InChI=1S/C11H15ClO2/c1-11(2,3)14-10-6-8(12)5-9(7-10)13-4/h5-7H,1-4H3. The quantitative estimate of drug-likeness (QED) is 0.750. The fraction of sp³-hybridized carbons (Fsp3) is 0.455. The molecule has 0 bridgehead atoms. The third-order valence-corrected chi connectivity index (χ3v) is 1.72. The summed E-state index contributed by atoms with van der Waals surface area (Å²) in [4.78, 5) is 0. The molecule has 1 rings (SSSR count). The van der Waals surface area contributed by atoms with Crippen molar-refractivity contribution in [3.05, 3.63) is 23.2 Å². The zero-order chi connectivity index (χ0) is 10.8. The van der Waals surface area contributed by atoms with Gasteiger partial charge in [-0.15, -0.1) is 0 Å². The summed E-state index contributed by atoms with van der Waals surface area (Å²) in [5.74, 6) is 1.43. The molecular weight excluding hydrogens is 200 g/mol. The number of hydrogen-bond acceptors (Lipinski definition) is 2. The first-order valence-electron chi connectivity index (χ1n) is 4.44. The first-order chi connectivity index (χ1) is 6.40. The average Bonchev–Trinajstić information content (AvgIpc) is 1.99. The van der Waals surface area contributed by atoms with Gasteiger partial charge in [-0.2, -0.15) is 0 Å². The van der Waals surface area contributed by atoms with E-state index in [1.807, 2.05) is 26.8 Å². The van der Waals surface area contributed by atoms with Crippen LogP contribution in [0.1, 0.15) is 20.8 Å². The summed E-state index contributed by atoms with van der Waals surface area (Å²) < 4.78 is 10.7. The van der Waals surface area contributed by atoms with Gasteiger partial charge in [-0.1, -0.05) is 11.6 Å². The summed E-state index contributed by atoms with van der Waals surface area (Å²) in [5.41, 5.74) is -0.226. The van der Waals surface area contributed by atoms with Crippen LogP contribution >= 0.6 is 11.6 Å². The molecule has 0 heterocycles. The van der Waals surface area contributed by atoms with E-state index in [0.717, 1.165) is 5.75 Å². The van der Waals surface area contributed by atoms with Crippen molar-refractivity contribution in [3.8, 4) is 11.5 Å². The summed E-state index contributed by atoms with van der Waals surface area (Å²) in [6.07, 6.45) is 0. The molecule has 0 amide bonds. The van der Waals surface area contributed by atoms with Crippen LogP contribution in [0.2, 0.25) is 5.02 Å². The van der Waals surface area contributed by atoms with Crippen molar-refractivity contribution in [2.75, 3.05) is 7.11 Å². The number of halogens is 1. The zero-order valence-electron chi connectivity index (χ0n) is 8.93. The molecule has 0 saturated heterocycles. The number of hydrogen-bond donors (Lipinski definition) is 0. The van der Waals surface area contributed by atoms with E-state index in [1.165, 1.54) is 0 Å². The molecule has 14 heavy (non-hydrogen) atoms. The van der Waals surface area contributed by atoms with Gasteiger partial charge in [0.15, 0.2) is 0 Å². The van der Waals surface area contributed by atoms with E-state index in [2.05, 4.69) is 0 Å². The molecule has 0 aliphatic rings. The molecule has 3 heteroatoms. The Bertz CT molecular complexity index is 316. The van der Waals surface area contributed by atoms with Crippen molar-refractivity contribution in [2.45, 2.75) is 26.4 Å². The van der Waals surface area contributed by atoms with Gasteiger partial charge in [0.25, 0.3) is 0 Å². The summed E-state index contributed by atoms with van der Waals surface area (Å²) in [6, 6.07) is 5.34. The molecule has 0 fully saturated rings. The van der Waals surface area contributed by atoms with Gasteiger partial charge in [-0.3, -0.25) is 0 Å². The van der Waals surface area contributed by atoms with Crippen LogP contribution in [-0.2, 0) is 0 Å². The number of rotatable bonds is 2. The Hall–Kier alpha value is -0.890. The minimum absolute atomic E-state index is 0.226. The zero-order valence-corrected chi connectivity index (χ0v) is 9.68. The second-order valence-electron chi connectivity index (χ2n) is 4.04. The van der Waals surface area contributed by atoms with E-state index in [0.29, 0.717) is 10.8 Å². The highest BCUT2D eigenvalue weighted by Crippen LogP contribution is 2.28. The number of ether oxygens (including phenoxy) is 2. The second-order valence-corrected chi connectivity index (χ2v) is 4.48. The summed E-state index contributed by atoms with van der Waals surface area (Å²) >= 11 is 5.90. The van der Waals surface area contributed by atoms with Gasteiger partial charge >= 0.3 is 0 Å². The highest BCUT2D eigenvalue weighted by molar-refractivity contribution is 6.30. The van der Waals surface area contributed by atoms with Crippen molar-refractivity contribution >= 4 is 11.6 Å². The second kappa shape index (κ2) is 4.09. The lowest BCUT2D eigenvalue weighted by Gasteiger charge is -2.21. The predicted molar refractivity (Wildman–Crippen MR) is 58.4 cm³/mol. The van der Waals surface area contributed by atoms with Crippen LogP contribution in [0.5, 0.6) is 11.5 Å². The van der Waals surface area contributed by atoms with E-state index in [9.17, 15) is 0 Å². The number of benzene rings is 1. The third kappa shape index (κ3) is 3.46. The molecule has 0 radical (unpaired) electrons. The lowest BCUT2D eigenvalue weighted by Crippen LogP contribution is -2.22. The van der Waals surface area contributed by atoms with Crippen LogP contribution in [0, 0.1) is 0 Å². The molecule has 0 atom stereocenters. The predicted octanol–water partition coefficient (Wildman–Crippen LogP) is 3.53. The Balaban J connectivity index is 2.92. The highest BCUT2D eigenvalue weighted by atomic mass is 35.5. The highest BCUT2D eigenvalue weighted by Gasteiger charge is 2.12. The molecule has 78 valence electrons. The smallest absolute Gasteiger partial charge is 0.125 e. The molecule has 0 aromatic heterocycles. The Kier molecular flexibility index (Phi) is 3.27. The fourth-order valence-corrected chi connectivity index (χ4v) is 1.28. The van der Waals surface area contributed by atoms with E-state index < -0.39 is 0 Å². The van der Waals surface area contributed by atoms with Crippen LogP contribution in [0.15, 0.2) is 18.2 Å². The van der Waals surface area contributed by atoms with Crippen molar-refractivity contribution in [1.29, 1.82) is 0 Å². The van der Waals surface area contributed by atoms with Crippen LogP contribution in [-0.4, -0.2) is 12.7 Å². The van der Waals surface area contributed by atoms with E-state index in [-0.39, 0.29) is 5.60 Å². The van der Waals surface area contributed by atoms with Crippen molar-refractivity contribution in [1.82, 2.24) is 0 Å². The Morgan fingerprint density at radius 2 is 1.64 bits per heavy atom. The van der Waals surface area contributed by atoms with E-state index in [1.54, 1.807) is 19.2 Å². The maximum absolute atomic E-state index is 5.90. The minimum atomic E-state index is -0.226. The average molecular weight is 215 g/mol. The SMILES string of the molecule is COc1cc(Cl)cc(OC(C)(C)C)c1. The molecule has 1 aromatic rings. The van der Waals surface area contributed by atoms with Crippen molar-refractivity contribution in [2.24, 2.45) is 0 Å². The molecule has 0 N–H and O–H groups in total. The van der Waals surface area contributed by atoms with Crippen LogP contribution < -0.4 is 9.47 Å². The Morgan fingerprint density at radius 3 is 2.14 bits per heavy atom. The van der Waals surface area contributed by atoms with E-state index in [4.69, 9.17) is 21.1 Å². The lowest BCUT2D eigenvalue weighted by atomic mass is 10.2.